The monoisotopic (exact) mass is 670 g/mol. The van der Waals surface area contributed by atoms with Gasteiger partial charge in [0.05, 0.1) is 24.1 Å². The lowest BCUT2D eigenvalue weighted by atomic mass is 9.69. The summed E-state index contributed by atoms with van der Waals surface area (Å²) >= 11 is 0. The van der Waals surface area contributed by atoms with Crippen molar-refractivity contribution in [2.24, 2.45) is 11.8 Å². The number of methoxy groups -OCH3 is 1. The minimum absolute atomic E-state index is 0.110. The summed E-state index contributed by atoms with van der Waals surface area (Å²) in [5.74, 6) is 0.0499. The Hall–Kier alpha value is -4.44. The lowest BCUT2D eigenvalue weighted by Crippen LogP contribution is -2.54. The maximum atomic E-state index is 14.3. The molecule has 2 atom stereocenters. The first kappa shape index (κ1) is 35.9. The fourth-order valence-corrected chi connectivity index (χ4v) is 7.00. The van der Waals surface area contributed by atoms with Gasteiger partial charge in [-0.15, -0.1) is 0 Å². The molecule has 0 saturated carbocycles. The molecule has 3 aromatic rings. The van der Waals surface area contributed by atoms with Gasteiger partial charge in [-0.2, -0.15) is 0 Å². The van der Waals surface area contributed by atoms with E-state index < -0.39 is 28.9 Å². The standard InChI is InChI=1S/C39H50N4O6/c1-6-42(26-30-15-11-13-21-40-30)36(45)29-23-28(24-43(25-29)37(46)49-38(2,3)4)35(44)41-27-39(20-12-14-22-47-5)31-16-7-9-18-33(31)48-34-19-10-8-17-32(34)39/h7-11,13,15-19,21,28-29H,6,12,14,20,22-27H2,1-5H3,(H,41,44)/t28-,29+/m0/s1. The van der Waals surface area contributed by atoms with Crippen molar-refractivity contribution in [2.45, 2.75) is 70.9 Å². The number of benzene rings is 2. The van der Waals surface area contributed by atoms with Gasteiger partial charge >= 0.3 is 6.09 Å². The fourth-order valence-electron chi connectivity index (χ4n) is 7.00. The first-order valence-corrected chi connectivity index (χ1v) is 17.3. The highest BCUT2D eigenvalue weighted by Gasteiger charge is 2.44. The van der Waals surface area contributed by atoms with Gasteiger partial charge in [-0.3, -0.25) is 14.6 Å². The molecule has 0 aliphatic carbocycles. The van der Waals surface area contributed by atoms with Gasteiger partial charge in [-0.1, -0.05) is 42.5 Å². The van der Waals surface area contributed by atoms with Crippen LogP contribution in [-0.4, -0.2) is 78.2 Å². The van der Waals surface area contributed by atoms with E-state index in [4.69, 9.17) is 14.2 Å². The van der Waals surface area contributed by atoms with E-state index in [1.54, 1.807) is 18.2 Å². The molecule has 10 nitrogen and oxygen atoms in total. The van der Waals surface area contributed by atoms with E-state index in [0.29, 0.717) is 32.7 Å². The number of nitrogens with zero attached hydrogens (tertiary/aromatic N) is 3. The van der Waals surface area contributed by atoms with Crippen molar-refractivity contribution < 1.29 is 28.6 Å². The van der Waals surface area contributed by atoms with Crippen LogP contribution in [0.5, 0.6) is 11.5 Å². The topological polar surface area (TPSA) is 110 Å². The smallest absolute Gasteiger partial charge is 0.410 e. The summed E-state index contributed by atoms with van der Waals surface area (Å²) in [4.78, 5) is 49.3. The van der Waals surface area contributed by atoms with Crippen molar-refractivity contribution in [1.82, 2.24) is 20.1 Å². The summed E-state index contributed by atoms with van der Waals surface area (Å²) in [6.45, 7) is 9.49. The molecule has 1 fully saturated rings. The number of pyridine rings is 1. The predicted molar refractivity (Wildman–Crippen MR) is 187 cm³/mol. The number of nitrogens with one attached hydrogen (secondary N) is 1. The number of likely N-dealkylation sites (tertiary alicyclic amines) is 1. The normalized spacial score (nSPS) is 18.0. The van der Waals surface area contributed by atoms with Crippen LogP contribution >= 0.6 is 0 Å². The number of fused-ring (bicyclic) bond motifs is 2. The third-order valence-corrected chi connectivity index (χ3v) is 9.39. The number of carbonyl (C=O) groups excluding carboxylic acids is 3. The van der Waals surface area contributed by atoms with E-state index in [1.165, 1.54) is 4.90 Å². The molecule has 1 aromatic heterocycles. The summed E-state index contributed by atoms with van der Waals surface area (Å²) in [5.41, 5.74) is 1.54. The van der Waals surface area contributed by atoms with Crippen molar-refractivity contribution in [2.75, 3.05) is 39.9 Å². The van der Waals surface area contributed by atoms with Gasteiger partial charge in [0.2, 0.25) is 11.8 Å². The second-order valence-electron chi connectivity index (χ2n) is 14.0. The van der Waals surface area contributed by atoms with Crippen LogP contribution in [0.4, 0.5) is 4.79 Å². The molecule has 2 aromatic carbocycles. The Bertz CT molecular complexity index is 1540. The summed E-state index contributed by atoms with van der Waals surface area (Å²) in [5, 5.41) is 3.30. The molecule has 3 heterocycles. The van der Waals surface area contributed by atoms with Gasteiger partial charge < -0.3 is 29.3 Å². The molecule has 0 radical (unpaired) electrons. The van der Waals surface area contributed by atoms with Crippen LogP contribution in [-0.2, 0) is 31.0 Å². The average molecular weight is 671 g/mol. The number of unbranched alkanes of at least 4 members (excludes halogenated alkanes) is 1. The molecule has 10 heteroatoms. The zero-order valence-corrected chi connectivity index (χ0v) is 29.4. The SMILES string of the molecule is CCN(Cc1ccccn1)C(=O)[C@@H]1C[C@H](C(=O)NCC2(CCCCOC)c3ccccc3Oc3ccccc32)CN(C(=O)OC(C)(C)C)C1. The Kier molecular flexibility index (Phi) is 11.6. The van der Waals surface area contributed by atoms with Crippen LogP contribution in [0.1, 0.15) is 70.2 Å². The molecule has 3 amide bonds. The molecular weight excluding hydrogens is 620 g/mol. The minimum Gasteiger partial charge on any atom is -0.457 e. The lowest BCUT2D eigenvalue weighted by molar-refractivity contribution is -0.140. The number of rotatable bonds is 12. The highest BCUT2D eigenvalue weighted by atomic mass is 16.6. The second-order valence-corrected chi connectivity index (χ2v) is 14.0. The number of para-hydroxylation sites is 2. The second kappa shape index (κ2) is 15.8. The molecule has 2 aliphatic heterocycles. The van der Waals surface area contributed by atoms with E-state index in [2.05, 4.69) is 22.4 Å². The van der Waals surface area contributed by atoms with Gasteiger partial charge in [0.25, 0.3) is 0 Å². The molecular formula is C39H50N4O6. The Labute approximate surface area is 290 Å². The van der Waals surface area contributed by atoms with Crippen molar-refractivity contribution in [3.63, 3.8) is 0 Å². The van der Waals surface area contributed by atoms with E-state index in [-0.39, 0.29) is 24.9 Å². The van der Waals surface area contributed by atoms with E-state index in [9.17, 15) is 14.4 Å². The maximum absolute atomic E-state index is 14.3. The van der Waals surface area contributed by atoms with Gasteiger partial charge in [0, 0.05) is 62.6 Å². The summed E-state index contributed by atoms with van der Waals surface area (Å²) < 4.78 is 17.4. The largest absolute Gasteiger partial charge is 0.457 e. The van der Waals surface area contributed by atoms with E-state index in [1.807, 2.05) is 82.3 Å². The first-order valence-electron chi connectivity index (χ1n) is 17.3. The van der Waals surface area contributed by atoms with Gasteiger partial charge in [0.15, 0.2) is 0 Å². The van der Waals surface area contributed by atoms with Crippen molar-refractivity contribution in [1.29, 1.82) is 0 Å². The zero-order chi connectivity index (χ0) is 35.0. The zero-order valence-electron chi connectivity index (χ0n) is 29.4. The Balaban J connectivity index is 1.41. The van der Waals surface area contributed by atoms with Crippen molar-refractivity contribution in [3.8, 4) is 11.5 Å². The van der Waals surface area contributed by atoms with E-state index >= 15 is 0 Å². The summed E-state index contributed by atoms with van der Waals surface area (Å²) in [6.07, 6.45) is 4.02. The molecule has 5 rings (SSSR count). The fraction of sp³-hybridized carbons (Fsp3) is 0.487. The van der Waals surface area contributed by atoms with Crippen LogP contribution in [0, 0.1) is 11.8 Å². The van der Waals surface area contributed by atoms with Gasteiger partial charge in [-0.25, -0.2) is 4.79 Å². The molecule has 2 aliphatic rings. The number of hydrogen-bond acceptors (Lipinski definition) is 7. The molecule has 0 spiro atoms. The number of amides is 3. The van der Waals surface area contributed by atoms with Gasteiger partial charge in [-0.05, 0) is 77.6 Å². The molecule has 1 saturated heterocycles. The van der Waals surface area contributed by atoms with E-state index in [0.717, 1.165) is 47.6 Å². The van der Waals surface area contributed by atoms with Crippen LogP contribution in [0.2, 0.25) is 0 Å². The lowest BCUT2D eigenvalue weighted by Gasteiger charge is -2.42. The first-order chi connectivity index (χ1) is 23.5. The highest BCUT2D eigenvalue weighted by molar-refractivity contribution is 5.84. The number of aromatic nitrogens is 1. The minimum atomic E-state index is -0.723. The predicted octanol–water partition coefficient (Wildman–Crippen LogP) is 6.33. The molecule has 262 valence electrons. The molecule has 49 heavy (non-hydrogen) atoms. The van der Waals surface area contributed by atoms with Gasteiger partial charge in [0.1, 0.15) is 17.1 Å². The third-order valence-electron chi connectivity index (χ3n) is 9.39. The number of piperidine rings is 1. The van der Waals surface area contributed by atoms with Crippen molar-refractivity contribution >= 4 is 17.9 Å². The summed E-state index contributed by atoms with van der Waals surface area (Å²) in [6, 6.07) is 21.6. The molecule has 1 N–H and O–H groups in total. The Morgan fingerprint density at radius 2 is 1.61 bits per heavy atom. The number of carbonyl (C=O) groups is 3. The Morgan fingerprint density at radius 3 is 2.22 bits per heavy atom. The molecule has 0 unspecified atom stereocenters. The molecule has 0 bridgehead atoms. The third kappa shape index (κ3) is 8.60. The summed E-state index contributed by atoms with van der Waals surface area (Å²) in [7, 11) is 1.70. The number of hydrogen-bond donors (Lipinski definition) is 1. The van der Waals surface area contributed by atoms with Crippen LogP contribution in [0.25, 0.3) is 0 Å². The van der Waals surface area contributed by atoms with Crippen LogP contribution < -0.4 is 10.1 Å². The maximum Gasteiger partial charge on any atom is 0.410 e. The van der Waals surface area contributed by atoms with Crippen LogP contribution in [0.15, 0.2) is 72.9 Å². The van der Waals surface area contributed by atoms with Crippen molar-refractivity contribution in [3.05, 3.63) is 89.7 Å². The highest BCUT2D eigenvalue weighted by Crippen LogP contribution is 2.50. The quantitative estimate of drug-likeness (QED) is 0.224. The average Bonchev–Trinajstić information content (AvgIpc) is 3.10. The number of ether oxygens (including phenoxy) is 3. The van der Waals surface area contributed by atoms with Crippen LogP contribution in [0.3, 0.4) is 0 Å². The Morgan fingerprint density at radius 1 is 0.959 bits per heavy atom.